The van der Waals surface area contributed by atoms with Crippen LogP contribution in [0.4, 0.5) is 0 Å². The molecule has 6 aliphatic carbocycles. The van der Waals surface area contributed by atoms with Crippen LogP contribution in [-0.4, -0.2) is 39.9 Å². The van der Waals surface area contributed by atoms with Crippen molar-refractivity contribution in [3.8, 4) is 0 Å². The molecule has 278 valence electrons. The molecule has 0 aliphatic heterocycles. The monoisotopic (exact) mass is 710 g/mol. The highest BCUT2D eigenvalue weighted by atomic mass is 31.1. The van der Waals surface area contributed by atoms with Crippen LogP contribution in [0.15, 0.2) is 35.3 Å². The van der Waals surface area contributed by atoms with Crippen LogP contribution in [0.5, 0.6) is 0 Å². The Hall–Kier alpha value is -0.650. The lowest BCUT2D eigenvalue weighted by molar-refractivity contribution is 0.460. The first-order valence-electron chi connectivity index (χ1n) is 21.8. The van der Waals surface area contributed by atoms with Gasteiger partial charge in [-0.1, -0.05) is 162 Å². The SMILES string of the molecule is C1CCC(P(C2CCCCC2)C2CCCCC2)CC1.C1CCC(P(C2CCCCC2)C2CCCCC2)CC1.NC(N)=NCc1ccccc1. The number of nitrogens with zero attached hydrogens (tertiary/aromatic N) is 1. The largest absolute Gasteiger partial charge is 0.370 e. The molecule has 6 saturated carbocycles. The average molecular weight is 710 g/mol. The highest BCUT2D eigenvalue weighted by Crippen LogP contribution is 2.63. The van der Waals surface area contributed by atoms with Crippen molar-refractivity contribution in [1.82, 2.24) is 0 Å². The van der Waals surface area contributed by atoms with Crippen LogP contribution < -0.4 is 11.5 Å². The van der Waals surface area contributed by atoms with E-state index in [9.17, 15) is 0 Å². The summed E-state index contributed by atoms with van der Waals surface area (Å²) in [7, 11) is 0.770. The Bertz CT molecular complexity index is 853. The van der Waals surface area contributed by atoms with E-state index in [2.05, 4.69) is 4.99 Å². The fourth-order valence-electron chi connectivity index (χ4n) is 10.8. The van der Waals surface area contributed by atoms with E-state index < -0.39 is 0 Å². The topological polar surface area (TPSA) is 64.4 Å². The summed E-state index contributed by atoms with van der Waals surface area (Å²) in [5.41, 5.74) is 18.6. The van der Waals surface area contributed by atoms with Gasteiger partial charge in [-0.15, -0.1) is 0 Å². The summed E-state index contributed by atoms with van der Waals surface area (Å²) in [4.78, 5) is 3.87. The number of benzene rings is 1. The van der Waals surface area contributed by atoms with Gasteiger partial charge in [-0.3, -0.25) is 0 Å². The fourth-order valence-corrected chi connectivity index (χ4v) is 20.2. The van der Waals surface area contributed by atoms with Crippen LogP contribution in [0, 0.1) is 0 Å². The normalized spacial score (nSPS) is 24.4. The van der Waals surface area contributed by atoms with Crippen molar-refractivity contribution in [2.24, 2.45) is 16.5 Å². The maximum atomic E-state index is 5.17. The quantitative estimate of drug-likeness (QED) is 0.160. The Morgan fingerprint density at radius 2 is 0.653 bits per heavy atom. The summed E-state index contributed by atoms with van der Waals surface area (Å²) in [5, 5.41) is 0. The van der Waals surface area contributed by atoms with Gasteiger partial charge < -0.3 is 11.5 Å². The number of hydrogen-bond acceptors (Lipinski definition) is 1. The molecule has 6 aliphatic rings. The van der Waals surface area contributed by atoms with Crippen LogP contribution in [0.1, 0.15) is 198 Å². The van der Waals surface area contributed by atoms with Gasteiger partial charge >= 0.3 is 0 Å². The van der Waals surface area contributed by atoms with Gasteiger partial charge in [-0.05, 0) is 117 Å². The first kappa shape index (κ1) is 39.6. The average Bonchev–Trinajstić information content (AvgIpc) is 3.18. The molecule has 0 heterocycles. The lowest BCUT2D eigenvalue weighted by Crippen LogP contribution is -2.28. The van der Waals surface area contributed by atoms with E-state index in [1.165, 1.54) is 72.5 Å². The minimum absolute atomic E-state index is 0.133. The molecule has 6 fully saturated rings. The van der Waals surface area contributed by atoms with Crippen LogP contribution in [0.25, 0.3) is 0 Å². The minimum Gasteiger partial charge on any atom is -0.370 e. The molecule has 0 bridgehead atoms. The van der Waals surface area contributed by atoms with Gasteiger partial charge in [0, 0.05) is 0 Å². The van der Waals surface area contributed by atoms with Gasteiger partial charge in [0.1, 0.15) is 0 Å². The summed E-state index contributed by atoms with van der Waals surface area (Å²) >= 11 is 0. The maximum Gasteiger partial charge on any atom is 0.186 e. The lowest BCUT2D eigenvalue weighted by atomic mass is 9.99. The molecular weight excluding hydrogens is 632 g/mol. The van der Waals surface area contributed by atoms with Gasteiger partial charge in [0.05, 0.1) is 6.54 Å². The molecule has 0 atom stereocenters. The minimum atomic E-state index is 0.133. The smallest absolute Gasteiger partial charge is 0.186 e. The second-order valence-electron chi connectivity index (χ2n) is 16.9. The van der Waals surface area contributed by atoms with Crippen LogP contribution in [-0.2, 0) is 6.54 Å². The Balaban J connectivity index is 0.000000149. The molecule has 1 aromatic rings. The summed E-state index contributed by atoms with van der Waals surface area (Å²) in [6.45, 7) is 0.559. The zero-order valence-electron chi connectivity index (χ0n) is 31.8. The third-order valence-corrected chi connectivity index (χ3v) is 21.4. The Kier molecular flexibility index (Phi) is 18.7. The number of nitrogens with two attached hydrogens (primary N) is 2. The molecule has 7 rings (SSSR count). The number of hydrogen-bond donors (Lipinski definition) is 2. The second-order valence-corrected chi connectivity index (χ2v) is 23.0. The van der Waals surface area contributed by atoms with Crippen LogP contribution >= 0.6 is 15.8 Å². The molecule has 3 nitrogen and oxygen atoms in total. The van der Waals surface area contributed by atoms with Crippen LogP contribution in [0.3, 0.4) is 0 Å². The Labute approximate surface area is 306 Å². The van der Waals surface area contributed by atoms with Crippen LogP contribution in [0.2, 0.25) is 0 Å². The Morgan fingerprint density at radius 3 is 0.878 bits per heavy atom. The van der Waals surface area contributed by atoms with Crippen molar-refractivity contribution in [3.63, 3.8) is 0 Å². The molecule has 0 spiro atoms. The van der Waals surface area contributed by atoms with E-state index >= 15 is 0 Å². The molecular formula is C44H77N3P2. The standard InChI is InChI=1S/2C18H33P.C8H11N3/c2*1-4-10-16(11-5-1)19(17-12-6-2-7-13-17)18-14-8-3-9-15-18;9-8(10)11-6-7-4-2-1-3-5-7/h2*16-18H,1-15H2;1-5H,6H2,(H4,9,10,11). The second kappa shape index (κ2) is 23.1. The molecule has 0 radical (unpaired) electrons. The van der Waals surface area contributed by atoms with E-state index in [-0.39, 0.29) is 5.96 Å². The predicted molar refractivity (Wildman–Crippen MR) is 221 cm³/mol. The molecule has 0 saturated heterocycles. The summed E-state index contributed by atoms with van der Waals surface area (Å²) in [5.74, 6) is 0.133. The molecule has 49 heavy (non-hydrogen) atoms. The molecule has 5 heteroatoms. The van der Waals surface area contributed by atoms with Crippen molar-refractivity contribution in [2.45, 2.75) is 233 Å². The molecule has 0 unspecified atom stereocenters. The highest BCUT2D eigenvalue weighted by Gasteiger charge is 2.37. The van der Waals surface area contributed by atoms with E-state index in [0.29, 0.717) is 22.4 Å². The van der Waals surface area contributed by atoms with Crippen molar-refractivity contribution in [1.29, 1.82) is 0 Å². The van der Waals surface area contributed by atoms with E-state index in [4.69, 9.17) is 11.5 Å². The zero-order valence-corrected chi connectivity index (χ0v) is 33.6. The first-order chi connectivity index (χ1) is 24.2. The van der Waals surface area contributed by atoms with E-state index in [0.717, 1.165) is 5.56 Å². The van der Waals surface area contributed by atoms with Gasteiger partial charge in [-0.25, -0.2) is 4.99 Å². The van der Waals surface area contributed by atoms with Crippen molar-refractivity contribution in [2.75, 3.05) is 0 Å². The predicted octanol–water partition coefficient (Wildman–Crippen LogP) is 13.4. The van der Waals surface area contributed by atoms with E-state index in [1.807, 2.05) is 30.3 Å². The fraction of sp³-hybridized carbons (Fsp3) is 0.841. The van der Waals surface area contributed by atoms with Gasteiger partial charge in [0.15, 0.2) is 5.96 Å². The van der Waals surface area contributed by atoms with Crippen molar-refractivity contribution >= 4 is 21.8 Å². The number of aliphatic imine (C=N–C) groups is 1. The lowest BCUT2D eigenvalue weighted by Gasteiger charge is -2.44. The third kappa shape index (κ3) is 13.7. The van der Waals surface area contributed by atoms with Gasteiger partial charge in [0.25, 0.3) is 0 Å². The van der Waals surface area contributed by atoms with Crippen molar-refractivity contribution in [3.05, 3.63) is 35.9 Å². The first-order valence-corrected chi connectivity index (χ1v) is 24.9. The molecule has 1 aromatic carbocycles. The third-order valence-electron chi connectivity index (χ3n) is 13.3. The maximum absolute atomic E-state index is 5.17. The number of guanidine groups is 1. The van der Waals surface area contributed by atoms with Gasteiger partial charge in [-0.2, -0.15) is 0 Å². The zero-order chi connectivity index (χ0) is 33.9. The summed E-state index contributed by atoms with van der Waals surface area (Å²) in [6.07, 6.45) is 47.2. The Morgan fingerprint density at radius 1 is 0.408 bits per heavy atom. The molecule has 4 N–H and O–H groups in total. The molecule has 0 aromatic heterocycles. The molecule has 0 amide bonds. The van der Waals surface area contributed by atoms with Crippen molar-refractivity contribution < 1.29 is 0 Å². The highest BCUT2D eigenvalue weighted by molar-refractivity contribution is 7.60. The number of rotatable bonds is 8. The van der Waals surface area contributed by atoms with Gasteiger partial charge in [0.2, 0.25) is 0 Å². The van der Waals surface area contributed by atoms with E-state index in [1.54, 1.807) is 154 Å². The summed E-state index contributed by atoms with van der Waals surface area (Å²) in [6, 6.07) is 9.83. The summed E-state index contributed by atoms with van der Waals surface area (Å²) < 4.78 is 0.